The highest BCUT2D eigenvalue weighted by Gasteiger charge is 2.36. The van der Waals surface area contributed by atoms with Crippen molar-refractivity contribution in [3.05, 3.63) is 40.6 Å². The van der Waals surface area contributed by atoms with Crippen LogP contribution in [0.5, 0.6) is 0 Å². The van der Waals surface area contributed by atoms with Crippen LogP contribution in [0.15, 0.2) is 28.8 Å². The van der Waals surface area contributed by atoms with Crippen molar-refractivity contribution in [1.82, 2.24) is 5.16 Å². The summed E-state index contributed by atoms with van der Waals surface area (Å²) in [6.07, 6.45) is 0.150. The molecule has 0 bridgehead atoms. The number of carbonyl (C=O) groups is 2. The molecule has 1 atom stereocenters. The lowest BCUT2D eigenvalue weighted by molar-refractivity contribution is -0.122. The first-order valence-electron chi connectivity index (χ1n) is 7.25. The van der Waals surface area contributed by atoms with Crippen molar-refractivity contribution in [2.75, 3.05) is 16.8 Å². The Morgan fingerprint density at radius 3 is 2.91 bits per heavy atom. The molecule has 0 aliphatic carbocycles. The van der Waals surface area contributed by atoms with Crippen LogP contribution in [0, 0.1) is 19.8 Å². The summed E-state index contributed by atoms with van der Waals surface area (Å²) < 4.78 is 4.99. The summed E-state index contributed by atoms with van der Waals surface area (Å²) in [6, 6.07) is 7.00. The van der Waals surface area contributed by atoms with Crippen LogP contribution in [0.3, 0.4) is 0 Å². The van der Waals surface area contributed by atoms with Gasteiger partial charge < -0.3 is 9.84 Å². The van der Waals surface area contributed by atoms with Gasteiger partial charge in [-0.05, 0) is 31.5 Å². The maximum Gasteiger partial charge on any atom is 0.229 e. The minimum absolute atomic E-state index is 0.138. The van der Waals surface area contributed by atoms with Crippen LogP contribution < -0.4 is 10.2 Å². The predicted octanol–water partition coefficient (Wildman–Crippen LogP) is 2.94. The average Bonchev–Trinajstić information content (AvgIpc) is 3.09. The fourth-order valence-electron chi connectivity index (χ4n) is 2.56. The summed E-state index contributed by atoms with van der Waals surface area (Å²) in [5, 5.41) is 7.27. The summed E-state index contributed by atoms with van der Waals surface area (Å²) in [6.45, 7) is 3.88. The summed E-state index contributed by atoms with van der Waals surface area (Å²) in [4.78, 5) is 26.0. The van der Waals surface area contributed by atoms with E-state index in [9.17, 15) is 9.59 Å². The van der Waals surface area contributed by atoms with E-state index >= 15 is 0 Å². The van der Waals surface area contributed by atoms with E-state index in [1.165, 1.54) is 4.90 Å². The molecule has 7 heteroatoms. The summed E-state index contributed by atoms with van der Waals surface area (Å²) >= 11 is 6.05. The molecule has 0 radical (unpaired) electrons. The van der Waals surface area contributed by atoms with Crippen LogP contribution >= 0.6 is 11.6 Å². The fraction of sp³-hybridized carbons (Fsp3) is 0.312. The highest BCUT2D eigenvalue weighted by molar-refractivity contribution is 6.31. The van der Waals surface area contributed by atoms with E-state index in [4.69, 9.17) is 16.1 Å². The van der Waals surface area contributed by atoms with Crippen molar-refractivity contribution in [1.29, 1.82) is 0 Å². The van der Waals surface area contributed by atoms with Crippen LogP contribution in [-0.2, 0) is 9.59 Å². The first kappa shape index (κ1) is 15.6. The molecule has 1 aromatic heterocycles. The fourth-order valence-corrected chi connectivity index (χ4v) is 2.74. The van der Waals surface area contributed by atoms with Gasteiger partial charge in [-0.3, -0.25) is 14.5 Å². The van der Waals surface area contributed by atoms with Gasteiger partial charge in [-0.25, -0.2) is 0 Å². The van der Waals surface area contributed by atoms with Crippen LogP contribution in [-0.4, -0.2) is 23.5 Å². The minimum atomic E-state index is -0.433. The normalized spacial score (nSPS) is 17.6. The maximum absolute atomic E-state index is 12.4. The van der Waals surface area contributed by atoms with Crippen LogP contribution in [0.4, 0.5) is 11.5 Å². The maximum atomic E-state index is 12.4. The third-order valence-electron chi connectivity index (χ3n) is 3.91. The highest BCUT2D eigenvalue weighted by Crippen LogP contribution is 2.27. The molecule has 0 spiro atoms. The molecule has 2 heterocycles. The third kappa shape index (κ3) is 3.07. The first-order chi connectivity index (χ1) is 11.0. The molecular weight excluding hydrogens is 318 g/mol. The van der Waals surface area contributed by atoms with Gasteiger partial charge in [0.1, 0.15) is 5.76 Å². The molecule has 0 saturated carbocycles. The molecule has 2 amide bonds. The standard InChI is InChI=1S/C16H16ClN3O3/c1-9-6-14(19-23-9)20-8-11(7-15(20)21)16(22)18-13-5-3-4-12(17)10(13)2/h3-6,11H,7-8H2,1-2H3,(H,18,22). The van der Waals surface area contributed by atoms with Gasteiger partial charge in [0.05, 0.1) is 5.92 Å². The highest BCUT2D eigenvalue weighted by atomic mass is 35.5. The first-order valence-corrected chi connectivity index (χ1v) is 7.63. The van der Waals surface area contributed by atoms with Crippen molar-refractivity contribution in [3.63, 3.8) is 0 Å². The lowest BCUT2D eigenvalue weighted by Gasteiger charge is -2.14. The summed E-state index contributed by atoms with van der Waals surface area (Å²) in [5.74, 6) is 0.294. The number of hydrogen-bond acceptors (Lipinski definition) is 4. The Morgan fingerprint density at radius 2 is 2.22 bits per heavy atom. The number of aryl methyl sites for hydroxylation is 1. The molecule has 120 valence electrons. The van der Waals surface area contributed by atoms with Gasteiger partial charge in [-0.1, -0.05) is 22.8 Å². The second-order valence-corrected chi connectivity index (χ2v) is 6.01. The van der Waals surface area contributed by atoms with E-state index in [1.807, 2.05) is 6.92 Å². The van der Waals surface area contributed by atoms with E-state index in [0.717, 1.165) is 5.56 Å². The van der Waals surface area contributed by atoms with E-state index in [2.05, 4.69) is 10.5 Å². The Morgan fingerprint density at radius 1 is 1.43 bits per heavy atom. The smallest absolute Gasteiger partial charge is 0.229 e. The molecular formula is C16H16ClN3O3. The zero-order valence-electron chi connectivity index (χ0n) is 12.8. The van der Waals surface area contributed by atoms with Crippen molar-refractivity contribution in [3.8, 4) is 0 Å². The number of halogens is 1. The SMILES string of the molecule is Cc1cc(N2CC(C(=O)Nc3cccc(Cl)c3C)CC2=O)no1. The van der Waals surface area contributed by atoms with Crippen LogP contribution in [0.1, 0.15) is 17.7 Å². The van der Waals surface area contributed by atoms with E-state index < -0.39 is 5.92 Å². The van der Waals surface area contributed by atoms with E-state index in [0.29, 0.717) is 22.3 Å². The Balaban J connectivity index is 1.72. The molecule has 1 aromatic carbocycles. The van der Waals surface area contributed by atoms with Gasteiger partial charge in [0, 0.05) is 29.7 Å². The molecule has 2 aromatic rings. The number of carbonyl (C=O) groups excluding carboxylic acids is 2. The lowest BCUT2D eigenvalue weighted by atomic mass is 10.1. The Kier molecular flexibility index (Phi) is 4.09. The summed E-state index contributed by atoms with van der Waals surface area (Å²) in [7, 11) is 0. The van der Waals surface area contributed by atoms with E-state index in [1.54, 1.807) is 31.2 Å². The van der Waals surface area contributed by atoms with Crippen molar-refractivity contribution in [2.45, 2.75) is 20.3 Å². The number of nitrogens with zero attached hydrogens (tertiary/aromatic N) is 2. The average molecular weight is 334 g/mol. The van der Waals surface area contributed by atoms with Gasteiger partial charge in [-0.2, -0.15) is 0 Å². The van der Waals surface area contributed by atoms with Crippen molar-refractivity contribution < 1.29 is 14.1 Å². The Hall–Kier alpha value is -2.34. The van der Waals surface area contributed by atoms with Crippen molar-refractivity contribution in [2.24, 2.45) is 5.92 Å². The lowest BCUT2D eigenvalue weighted by Crippen LogP contribution is -2.28. The monoisotopic (exact) mass is 333 g/mol. The number of nitrogens with one attached hydrogen (secondary N) is 1. The Labute approximate surface area is 138 Å². The number of hydrogen-bond donors (Lipinski definition) is 1. The zero-order chi connectivity index (χ0) is 16.6. The molecule has 1 unspecified atom stereocenters. The van der Waals surface area contributed by atoms with Gasteiger partial charge in [0.2, 0.25) is 11.8 Å². The molecule has 1 saturated heterocycles. The minimum Gasteiger partial charge on any atom is -0.360 e. The molecule has 3 rings (SSSR count). The second kappa shape index (κ2) is 6.04. The van der Waals surface area contributed by atoms with Crippen molar-refractivity contribution >= 4 is 34.9 Å². The third-order valence-corrected chi connectivity index (χ3v) is 4.32. The Bertz CT molecular complexity index is 772. The van der Waals surface area contributed by atoms with Gasteiger partial charge >= 0.3 is 0 Å². The van der Waals surface area contributed by atoms with Crippen LogP contribution in [0.25, 0.3) is 0 Å². The van der Waals surface area contributed by atoms with Gasteiger partial charge in [0.25, 0.3) is 0 Å². The van der Waals surface area contributed by atoms with Gasteiger partial charge in [0.15, 0.2) is 5.82 Å². The zero-order valence-corrected chi connectivity index (χ0v) is 13.6. The second-order valence-electron chi connectivity index (χ2n) is 5.60. The molecule has 1 fully saturated rings. The number of rotatable bonds is 3. The largest absolute Gasteiger partial charge is 0.360 e. The quantitative estimate of drug-likeness (QED) is 0.937. The predicted molar refractivity (Wildman–Crippen MR) is 86.5 cm³/mol. The summed E-state index contributed by atoms with van der Waals surface area (Å²) in [5.41, 5.74) is 1.46. The number of amides is 2. The molecule has 23 heavy (non-hydrogen) atoms. The molecule has 1 N–H and O–H groups in total. The van der Waals surface area contributed by atoms with Crippen LogP contribution in [0.2, 0.25) is 5.02 Å². The molecule has 1 aliphatic heterocycles. The van der Waals surface area contributed by atoms with E-state index in [-0.39, 0.29) is 24.8 Å². The van der Waals surface area contributed by atoms with Gasteiger partial charge in [-0.15, -0.1) is 0 Å². The molecule has 6 nitrogen and oxygen atoms in total. The molecule has 1 aliphatic rings. The number of aromatic nitrogens is 1. The topological polar surface area (TPSA) is 75.4 Å². The number of benzene rings is 1. The number of anilines is 2.